The van der Waals surface area contributed by atoms with Crippen molar-refractivity contribution in [1.29, 1.82) is 0 Å². The SMILES string of the molecule is Nc1ccc(CC(O)(P(=O)(O)O)P(=O)(O)O)cc1.[Na+]. The summed E-state index contributed by atoms with van der Waals surface area (Å²) < 4.78 is 22.2. The molecule has 0 heterocycles. The van der Waals surface area contributed by atoms with E-state index in [-0.39, 0.29) is 35.1 Å². The van der Waals surface area contributed by atoms with Crippen molar-refractivity contribution < 1.29 is 63.4 Å². The zero-order valence-corrected chi connectivity index (χ0v) is 13.8. The number of aliphatic hydroxyl groups is 1. The van der Waals surface area contributed by atoms with Gasteiger partial charge in [0, 0.05) is 12.1 Å². The van der Waals surface area contributed by atoms with Crippen LogP contribution in [-0.4, -0.2) is 29.8 Å². The first-order valence-corrected chi connectivity index (χ1v) is 7.88. The molecule has 1 aromatic rings. The van der Waals surface area contributed by atoms with Gasteiger partial charge >= 0.3 is 44.7 Å². The molecule has 0 aliphatic carbocycles. The van der Waals surface area contributed by atoms with Gasteiger partial charge in [0.05, 0.1) is 0 Å². The summed E-state index contributed by atoms with van der Waals surface area (Å²) in [6.45, 7) is 0. The van der Waals surface area contributed by atoms with Gasteiger partial charge in [-0.3, -0.25) is 9.13 Å². The molecule has 1 aromatic carbocycles. The molecule has 0 saturated heterocycles. The minimum atomic E-state index is -5.43. The van der Waals surface area contributed by atoms with Gasteiger partial charge in [0.2, 0.25) is 0 Å². The molecule has 0 radical (unpaired) electrons. The van der Waals surface area contributed by atoms with E-state index in [1.165, 1.54) is 24.3 Å². The van der Waals surface area contributed by atoms with Crippen LogP contribution in [0, 0.1) is 0 Å². The maximum Gasteiger partial charge on any atom is 1.00 e. The normalized spacial score (nSPS) is 12.9. The van der Waals surface area contributed by atoms with Crippen LogP contribution in [-0.2, 0) is 15.6 Å². The van der Waals surface area contributed by atoms with Crippen molar-refractivity contribution in [1.82, 2.24) is 0 Å². The monoisotopic (exact) mass is 320 g/mol. The summed E-state index contributed by atoms with van der Waals surface area (Å²) in [4.78, 5) is 35.7. The molecule has 19 heavy (non-hydrogen) atoms. The van der Waals surface area contributed by atoms with Crippen LogP contribution in [0.15, 0.2) is 24.3 Å². The number of hydrogen-bond donors (Lipinski definition) is 6. The minimum absolute atomic E-state index is 0. The Labute approximate surface area is 131 Å². The number of rotatable bonds is 4. The van der Waals surface area contributed by atoms with Crippen LogP contribution in [0.3, 0.4) is 0 Å². The third-order valence-corrected chi connectivity index (χ3v) is 6.10. The second kappa shape index (κ2) is 6.37. The zero-order valence-electron chi connectivity index (χ0n) is 10.0. The molecule has 0 aromatic heterocycles. The van der Waals surface area contributed by atoms with Crippen molar-refractivity contribution in [3.05, 3.63) is 29.8 Å². The number of benzene rings is 1. The zero-order chi connectivity index (χ0) is 14.2. The van der Waals surface area contributed by atoms with E-state index in [2.05, 4.69) is 0 Å². The van der Waals surface area contributed by atoms with Gasteiger partial charge in [0.1, 0.15) is 0 Å². The van der Waals surface area contributed by atoms with E-state index in [4.69, 9.17) is 25.3 Å². The Kier molecular flexibility index (Phi) is 6.46. The summed E-state index contributed by atoms with van der Waals surface area (Å²) in [6.07, 6.45) is -0.887. The van der Waals surface area contributed by atoms with Gasteiger partial charge in [-0.05, 0) is 17.7 Å². The first kappa shape index (κ1) is 19.3. The van der Waals surface area contributed by atoms with Crippen molar-refractivity contribution in [2.45, 2.75) is 11.5 Å². The Hall–Kier alpha value is 0.280. The average molecular weight is 320 g/mol. The Morgan fingerprint density at radius 1 is 1.00 bits per heavy atom. The Morgan fingerprint density at radius 3 is 1.68 bits per heavy atom. The number of anilines is 1. The van der Waals surface area contributed by atoms with E-state index in [9.17, 15) is 14.2 Å². The Morgan fingerprint density at radius 2 is 1.37 bits per heavy atom. The number of hydrogen-bond acceptors (Lipinski definition) is 4. The van der Waals surface area contributed by atoms with Crippen LogP contribution in [0.4, 0.5) is 5.69 Å². The van der Waals surface area contributed by atoms with Crippen molar-refractivity contribution in [2.75, 3.05) is 5.73 Å². The molecule has 0 aliphatic rings. The summed E-state index contributed by atoms with van der Waals surface area (Å²) in [7, 11) is -10.9. The van der Waals surface area contributed by atoms with E-state index in [1.807, 2.05) is 0 Å². The Balaban J connectivity index is 0.00000324. The fourth-order valence-electron chi connectivity index (χ4n) is 1.29. The molecular formula is C8H13NNaO7P2+. The van der Waals surface area contributed by atoms with Gasteiger partial charge in [-0.1, -0.05) is 12.1 Å². The van der Waals surface area contributed by atoms with Crippen molar-refractivity contribution in [3.63, 3.8) is 0 Å². The molecule has 1 rings (SSSR count). The molecule has 102 valence electrons. The molecule has 0 spiro atoms. The summed E-state index contributed by atoms with van der Waals surface area (Å²) >= 11 is 0. The van der Waals surface area contributed by atoms with E-state index in [1.54, 1.807) is 0 Å². The molecule has 11 heteroatoms. The van der Waals surface area contributed by atoms with Gasteiger partial charge in [-0.25, -0.2) is 0 Å². The predicted molar refractivity (Wildman–Crippen MR) is 63.6 cm³/mol. The summed E-state index contributed by atoms with van der Waals surface area (Å²) in [5.74, 6) is 0. The summed E-state index contributed by atoms with van der Waals surface area (Å²) in [6, 6.07) is 5.39. The van der Waals surface area contributed by atoms with E-state index in [0.29, 0.717) is 5.69 Å². The quantitative estimate of drug-likeness (QED) is 0.192. The first-order chi connectivity index (χ1) is 7.97. The van der Waals surface area contributed by atoms with Crippen LogP contribution in [0.5, 0.6) is 0 Å². The van der Waals surface area contributed by atoms with Crippen LogP contribution in [0.2, 0.25) is 0 Å². The topological polar surface area (TPSA) is 161 Å². The van der Waals surface area contributed by atoms with Gasteiger partial charge in [0.15, 0.2) is 0 Å². The van der Waals surface area contributed by atoms with Crippen LogP contribution in [0.25, 0.3) is 0 Å². The fraction of sp³-hybridized carbons (Fsp3) is 0.250. The molecular weight excluding hydrogens is 307 g/mol. The second-order valence-electron chi connectivity index (χ2n) is 3.78. The predicted octanol–water partition coefficient (Wildman–Crippen LogP) is -3.18. The number of nitrogens with two attached hydrogens (primary N) is 1. The Bertz CT molecular complexity index is 500. The molecule has 0 amide bonds. The third-order valence-electron chi connectivity index (χ3n) is 2.35. The van der Waals surface area contributed by atoms with E-state index in [0.717, 1.165) is 0 Å². The molecule has 0 atom stereocenters. The maximum absolute atomic E-state index is 11.1. The molecule has 0 unspecified atom stereocenters. The van der Waals surface area contributed by atoms with Crippen LogP contribution >= 0.6 is 15.2 Å². The van der Waals surface area contributed by atoms with Gasteiger partial charge < -0.3 is 30.4 Å². The third kappa shape index (κ3) is 4.37. The van der Waals surface area contributed by atoms with E-state index < -0.39 is 26.7 Å². The molecule has 8 nitrogen and oxygen atoms in total. The summed E-state index contributed by atoms with van der Waals surface area (Å²) in [5, 5.41) is 6.22. The number of nitrogen functional groups attached to an aromatic ring is 1. The summed E-state index contributed by atoms with van der Waals surface area (Å²) in [5.41, 5.74) is 5.90. The average Bonchev–Trinajstić information content (AvgIpc) is 2.18. The maximum atomic E-state index is 11.1. The van der Waals surface area contributed by atoms with E-state index >= 15 is 0 Å². The standard InChI is InChI=1S/C8H13NO7P2.Na/c9-7-3-1-6(2-4-7)5-8(10,17(11,12)13)18(14,15)16;/h1-4,10H,5,9H2,(H2,11,12,13)(H2,14,15,16);/q;+1. The van der Waals surface area contributed by atoms with Gasteiger partial charge in [-0.15, -0.1) is 0 Å². The van der Waals surface area contributed by atoms with Gasteiger partial charge in [-0.2, -0.15) is 0 Å². The minimum Gasteiger partial charge on any atom is -0.399 e. The van der Waals surface area contributed by atoms with Crippen molar-refractivity contribution >= 4 is 20.9 Å². The molecule has 0 saturated carbocycles. The molecule has 7 N–H and O–H groups in total. The van der Waals surface area contributed by atoms with Crippen molar-refractivity contribution in [2.24, 2.45) is 0 Å². The molecule has 0 bridgehead atoms. The fourth-order valence-corrected chi connectivity index (χ4v) is 3.42. The van der Waals surface area contributed by atoms with Crippen molar-refractivity contribution in [3.8, 4) is 0 Å². The second-order valence-corrected chi connectivity index (χ2v) is 7.79. The molecule has 0 aliphatic heterocycles. The smallest absolute Gasteiger partial charge is 0.399 e. The first-order valence-electron chi connectivity index (χ1n) is 4.65. The van der Waals surface area contributed by atoms with Crippen LogP contribution < -0.4 is 35.3 Å². The van der Waals surface area contributed by atoms with Crippen LogP contribution in [0.1, 0.15) is 5.56 Å². The van der Waals surface area contributed by atoms with Gasteiger partial charge in [0.25, 0.3) is 5.08 Å². The molecule has 0 fully saturated rings. The largest absolute Gasteiger partial charge is 1.00 e.